The zero-order valence-electron chi connectivity index (χ0n) is 20.4. The van der Waals surface area contributed by atoms with Crippen molar-refractivity contribution in [2.45, 2.75) is 58.8 Å². The fourth-order valence-electron chi connectivity index (χ4n) is 3.31. The van der Waals surface area contributed by atoms with Crippen LogP contribution in [0.15, 0.2) is 54.6 Å². The third-order valence-electron chi connectivity index (χ3n) is 5.28. The maximum Gasteiger partial charge on any atom is 0.325 e. The number of carbonyl (C=O) groups excluding carboxylic acids is 3. The van der Waals surface area contributed by atoms with Crippen molar-refractivity contribution in [2.24, 2.45) is 5.92 Å². The minimum absolute atomic E-state index is 0.197. The molecule has 35 heavy (non-hydrogen) atoms. The van der Waals surface area contributed by atoms with E-state index in [9.17, 15) is 19.2 Å². The monoisotopic (exact) mass is 483 g/mol. The number of amides is 3. The predicted octanol–water partition coefficient (Wildman–Crippen LogP) is 2.04. The van der Waals surface area contributed by atoms with Crippen LogP contribution in [0.3, 0.4) is 0 Å². The maximum absolute atomic E-state index is 13.0. The Kier molecular flexibility index (Phi) is 10.3. The van der Waals surface area contributed by atoms with Crippen molar-refractivity contribution in [1.82, 2.24) is 16.0 Å². The second-order valence-corrected chi connectivity index (χ2v) is 8.67. The maximum atomic E-state index is 13.0. The molecule has 0 aromatic heterocycles. The number of carboxylic acids is 1. The number of carboxylic acid groups (broad SMARTS) is 1. The molecule has 0 aliphatic heterocycles. The molecule has 188 valence electrons. The van der Waals surface area contributed by atoms with E-state index in [4.69, 9.17) is 9.84 Å². The summed E-state index contributed by atoms with van der Waals surface area (Å²) >= 11 is 0. The van der Waals surface area contributed by atoms with Gasteiger partial charge in [-0.3, -0.25) is 19.2 Å². The number of nitrogens with one attached hydrogen (secondary N) is 3. The summed E-state index contributed by atoms with van der Waals surface area (Å²) in [7, 11) is 0. The van der Waals surface area contributed by atoms with Crippen LogP contribution >= 0.6 is 0 Å². The van der Waals surface area contributed by atoms with Crippen molar-refractivity contribution in [3.8, 4) is 5.75 Å². The van der Waals surface area contributed by atoms with Crippen molar-refractivity contribution in [3.05, 3.63) is 65.7 Å². The Morgan fingerprint density at radius 3 is 2.00 bits per heavy atom. The van der Waals surface area contributed by atoms with Gasteiger partial charge in [-0.2, -0.15) is 0 Å². The van der Waals surface area contributed by atoms with Crippen LogP contribution in [0.4, 0.5) is 0 Å². The number of ether oxygens (including phenoxy) is 1. The van der Waals surface area contributed by atoms with Crippen molar-refractivity contribution in [1.29, 1.82) is 0 Å². The molecule has 1 unspecified atom stereocenters. The fourth-order valence-corrected chi connectivity index (χ4v) is 3.31. The standard InChI is InChI=1S/C26H33N3O6/c1-16(2)23(25(32)27-17(3)26(33)34)29-24(31)22(28-18(4)30)14-19-10-12-21(13-11-19)35-15-20-8-6-5-7-9-20/h5-13,16-17,22-23H,14-15H2,1-4H3,(H,27,32)(H,28,30)(H,29,31)(H,33,34)/t17-,22?,23-/m0/s1. The fraction of sp³-hybridized carbons (Fsp3) is 0.385. The van der Waals surface area contributed by atoms with Crippen LogP contribution in [-0.4, -0.2) is 46.9 Å². The SMILES string of the molecule is CC(=O)NC(Cc1ccc(OCc2ccccc2)cc1)C(=O)N[C@H](C(=O)N[C@@H](C)C(=O)O)C(C)C. The highest BCUT2D eigenvalue weighted by Gasteiger charge is 2.30. The van der Waals surface area contributed by atoms with Crippen molar-refractivity contribution >= 4 is 23.7 Å². The Labute approximate surface area is 205 Å². The Bertz CT molecular complexity index is 1010. The van der Waals surface area contributed by atoms with Crippen molar-refractivity contribution < 1.29 is 29.0 Å². The summed E-state index contributed by atoms with van der Waals surface area (Å²) in [5.74, 6) is -2.36. The van der Waals surface area contributed by atoms with E-state index in [0.717, 1.165) is 11.1 Å². The molecule has 9 nitrogen and oxygen atoms in total. The number of benzene rings is 2. The largest absolute Gasteiger partial charge is 0.489 e. The van der Waals surface area contributed by atoms with Gasteiger partial charge in [0.1, 0.15) is 30.5 Å². The molecule has 0 bridgehead atoms. The lowest BCUT2D eigenvalue weighted by Gasteiger charge is -2.26. The van der Waals surface area contributed by atoms with Gasteiger partial charge >= 0.3 is 5.97 Å². The lowest BCUT2D eigenvalue weighted by Crippen LogP contribution is -2.57. The molecule has 2 aromatic rings. The number of hydrogen-bond donors (Lipinski definition) is 4. The molecular formula is C26H33N3O6. The summed E-state index contributed by atoms with van der Waals surface area (Å²) in [5, 5.41) is 16.7. The highest BCUT2D eigenvalue weighted by molar-refractivity contribution is 5.93. The van der Waals surface area contributed by atoms with Gasteiger partial charge < -0.3 is 25.8 Å². The third kappa shape index (κ3) is 9.11. The van der Waals surface area contributed by atoms with Gasteiger partial charge in [0.15, 0.2) is 0 Å². The topological polar surface area (TPSA) is 134 Å². The quantitative estimate of drug-likeness (QED) is 0.365. The van der Waals surface area contributed by atoms with E-state index >= 15 is 0 Å². The smallest absolute Gasteiger partial charge is 0.325 e. The van der Waals surface area contributed by atoms with E-state index in [2.05, 4.69) is 16.0 Å². The molecule has 0 spiro atoms. The number of rotatable bonds is 12. The summed E-state index contributed by atoms with van der Waals surface area (Å²) in [5.41, 5.74) is 1.83. The van der Waals surface area contributed by atoms with Crippen LogP contribution in [-0.2, 0) is 32.2 Å². The molecule has 2 aromatic carbocycles. The van der Waals surface area contributed by atoms with E-state index in [1.165, 1.54) is 13.8 Å². The summed E-state index contributed by atoms with van der Waals surface area (Å²) in [6.07, 6.45) is 0.197. The van der Waals surface area contributed by atoms with Crippen LogP contribution in [0.25, 0.3) is 0 Å². The summed E-state index contributed by atoms with van der Waals surface area (Å²) in [6, 6.07) is 14.0. The first-order valence-electron chi connectivity index (χ1n) is 11.4. The summed E-state index contributed by atoms with van der Waals surface area (Å²) in [6.45, 7) is 6.54. The second kappa shape index (κ2) is 13.1. The molecule has 0 aliphatic carbocycles. The molecule has 0 aliphatic rings. The summed E-state index contributed by atoms with van der Waals surface area (Å²) < 4.78 is 5.78. The minimum Gasteiger partial charge on any atom is -0.489 e. The van der Waals surface area contributed by atoms with Crippen LogP contribution in [0, 0.1) is 5.92 Å². The molecule has 0 saturated heterocycles. The first kappa shape index (κ1) is 27.4. The van der Waals surface area contributed by atoms with Crippen molar-refractivity contribution in [2.75, 3.05) is 0 Å². The Hall–Kier alpha value is -3.88. The Morgan fingerprint density at radius 2 is 1.46 bits per heavy atom. The Morgan fingerprint density at radius 1 is 0.829 bits per heavy atom. The van der Waals surface area contributed by atoms with Crippen LogP contribution in [0.2, 0.25) is 0 Å². The molecule has 0 heterocycles. The molecule has 2 rings (SSSR count). The van der Waals surface area contributed by atoms with E-state index in [1.807, 2.05) is 42.5 Å². The Balaban J connectivity index is 2.05. The van der Waals surface area contributed by atoms with Gasteiger partial charge in [0.05, 0.1) is 0 Å². The van der Waals surface area contributed by atoms with Gasteiger partial charge in [-0.05, 0) is 36.1 Å². The van der Waals surface area contributed by atoms with Gasteiger partial charge in [0.25, 0.3) is 0 Å². The zero-order chi connectivity index (χ0) is 26.0. The lowest BCUT2D eigenvalue weighted by atomic mass is 10.0. The van der Waals surface area contributed by atoms with E-state index in [0.29, 0.717) is 12.4 Å². The highest BCUT2D eigenvalue weighted by Crippen LogP contribution is 2.16. The number of hydrogen-bond acceptors (Lipinski definition) is 5. The molecule has 0 saturated carbocycles. The van der Waals surface area contributed by atoms with Crippen molar-refractivity contribution in [3.63, 3.8) is 0 Å². The molecule has 4 N–H and O–H groups in total. The molecular weight excluding hydrogens is 450 g/mol. The molecule has 3 atom stereocenters. The van der Waals surface area contributed by atoms with Gasteiger partial charge in [0, 0.05) is 13.3 Å². The highest BCUT2D eigenvalue weighted by atomic mass is 16.5. The molecule has 3 amide bonds. The van der Waals surface area contributed by atoms with Gasteiger partial charge in [-0.25, -0.2) is 0 Å². The van der Waals surface area contributed by atoms with Gasteiger partial charge in [-0.15, -0.1) is 0 Å². The summed E-state index contributed by atoms with van der Waals surface area (Å²) in [4.78, 5) is 48.4. The molecule has 0 radical (unpaired) electrons. The van der Waals surface area contributed by atoms with E-state index < -0.39 is 41.8 Å². The molecule has 0 fully saturated rings. The first-order chi connectivity index (χ1) is 16.6. The third-order valence-corrected chi connectivity index (χ3v) is 5.28. The van der Waals surface area contributed by atoms with Crippen LogP contribution in [0.1, 0.15) is 38.8 Å². The average Bonchev–Trinajstić information content (AvgIpc) is 2.81. The van der Waals surface area contributed by atoms with Crippen LogP contribution in [0.5, 0.6) is 5.75 Å². The van der Waals surface area contributed by atoms with E-state index in [-0.39, 0.29) is 12.3 Å². The lowest BCUT2D eigenvalue weighted by molar-refractivity contribution is -0.142. The average molecular weight is 484 g/mol. The van der Waals surface area contributed by atoms with Crippen LogP contribution < -0.4 is 20.7 Å². The van der Waals surface area contributed by atoms with Gasteiger partial charge in [0.2, 0.25) is 17.7 Å². The van der Waals surface area contributed by atoms with Gasteiger partial charge in [-0.1, -0.05) is 56.3 Å². The minimum atomic E-state index is -1.18. The normalized spacial score (nSPS) is 13.3. The number of aliphatic carboxylic acids is 1. The van der Waals surface area contributed by atoms with E-state index in [1.54, 1.807) is 26.0 Å². The first-order valence-corrected chi connectivity index (χ1v) is 11.4. The molecule has 9 heteroatoms. The predicted molar refractivity (Wildman–Crippen MR) is 131 cm³/mol. The number of carbonyl (C=O) groups is 4. The zero-order valence-corrected chi connectivity index (χ0v) is 20.4. The second-order valence-electron chi connectivity index (χ2n) is 8.67.